The fraction of sp³-hybridized carbons (Fsp3) is 0.400. The van der Waals surface area contributed by atoms with Crippen LogP contribution in [0.4, 0.5) is 13.2 Å². The number of carbonyl (C=O) groups excluding carboxylic acids is 1. The van der Waals surface area contributed by atoms with Gasteiger partial charge in [0.25, 0.3) is 5.91 Å². The fourth-order valence-corrected chi connectivity index (χ4v) is 1.47. The van der Waals surface area contributed by atoms with E-state index in [1.807, 2.05) is 0 Å². The van der Waals surface area contributed by atoms with Gasteiger partial charge in [-0.2, -0.15) is 13.2 Å². The van der Waals surface area contributed by atoms with E-state index in [2.05, 4.69) is 15.6 Å². The minimum Gasteiger partial charge on any atom is -0.347 e. The summed E-state index contributed by atoms with van der Waals surface area (Å²) in [6, 6.07) is 2.32. The number of hydrogen-bond acceptors (Lipinski definition) is 3. The van der Waals surface area contributed by atoms with Crippen LogP contribution in [0.5, 0.6) is 0 Å². The van der Waals surface area contributed by atoms with Gasteiger partial charge in [0, 0.05) is 19.3 Å². The molecule has 1 aliphatic heterocycles. The van der Waals surface area contributed by atoms with E-state index in [9.17, 15) is 18.0 Å². The Balaban J connectivity index is 2.21. The Morgan fingerprint density at radius 1 is 1.47 bits per heavy atom. The molecular formula is C10H10F3N3O. The van der Waals surface area contributed by atoms with Crippen molar-refractivity contribution >= 4 is 5.91 Å². The first-order valence-corrected chi connectivity index (χ1v) is 5.02. The van der Waals surface area contributed by atoms with Crippen molar-refractivity contribution in [1.29, 1.82) is 0 Å². The molecule has 0 saturated carbocycles. The number of alkyl halides is 3. The average Bonchev–Trinajstić information content (AvgIpc) is 2.22. The molecule has 1 saturated heterocycles. The third kappa shape index (κ3) is 2.55. The Morgan fingerprint density at radius 3 is 2.71 bits per heavy atom. The van der Waals surface area contributed by atoms with Crippen LogP contribution < -0.4 is 10.6 Å². The van der Waals surface area contributed by atoms with Gasteiger partial charge in [0.05, 0.1) is 11.6 Å². The minimum atomic E-state index is -4.62. The molecule has 1 aromatic heterocycles. The number of carbonyl (C=O) groups is 1. The van der Waals surface area contributed by atoms with Crippen molar-refractivity contribution < 1.29 is 18.0 Å². The quantitative estimate of drug-likeness (QED) is 0.810. The molecule has 1 amide bonds. The second-order valence-corrected chi connectivity index (χ2v) is 3.73. The van der Waals surface area contributed by atoms with E-state index in [1.165, 1.54) is 6.07 Å². The molecule has 4 nitrogen and oxygen atoms in total. The first kappa shape index (κ1) is 11.8. The predicted octanol–water partition coefficient (Wildman–Crippen LogP) is 0.802. The van der Waals surface area contributed by atoms with E-state index in [-0.39, 0.29) is 6.04 Å². The van der Waals surface area contributed by atoms with Crippen LogP contribution in [0.25, 0.3) is 0 Å². The summed E-state index contributed by atoms with van der Waals surface area (Å²) in [7, 11) is 0. The van der Waals surface area contributed by atoms with Crippen molar-refractivity contribution in [2.75, 3.05) is 13.1 Å². The predicted molar refractivity (Wildman–Crippen MR) is 53.4 cm³/mol. The number of nitrogens with zero attached hydrogens (tertiary/aromatic N) is 1. The Labute approximate surface area is 95.2 Å². The molecule has 0 aliphatic carbocycles. The zero-order valence-electron chi connectivity index (χ0n) is 8.71. The highest BCUT2D eigenvalue weighted by Gasteiger charge is 2.37. The molecule has 1 fully saturated rings. The van der Waals surface area contributed by atoms with Gasteiger partial charge in [-0.05, 0) is 12.1 Å². The van der Waals surface area contributed by atoms with Crippen molar-refractivity contribution in [3.05, 3.63) is 29.6 Å². The zero-order chi connectivity index (χ0) is 12.5. The summed E-state index contributed by atoms with van der Waals surface area (Å²) in [5.41, 5.74) is -1.59. The van der Waals surface area contributed by atoms with Crippen LogP contribution in [0.3, 0.4) is 0 Å². The van der Waals surface area contributed by atoms with Gasteiger partial charge < -0.3 is 10.6 Å². The number of nitrogens with one attached hydrogen (secondary N) is 2. The highest BCUT2D eigenvalue weighted by Crippen LogP contribution is 2.29. The van der Waals surface area contributed by atoms with E-state index in [0.29, 0.717) is 13.1 Å². The molecule has 7 heteroatoms. The molecular weight excluding hydrogens is 235 g/mol. The number of rotatable bonds is 2. The third-order valence-electron chi connectivity index (χ3n) is 2.44. The number of pyridine rings is 1. The molecule has 1 aromatic rings. The SMILES string of the molecule is O=C(NC1CNC1)c1cccnc1C(F)(F)F. The van der Waals surface area contributed by atoms with Crippen LogP contribution in [0.2, 0.25) is 0 Å². The molecule has 0 radical (unpaired) electrons. The van der Waals surface area contributed by atoms with Crippen LogP contribution >= 0.6 is 0 Å². The zero-order valence-corrected chi connectivity index (χ0v) is 8.71. The maximum atomic E-state index is 12.6. The molecule has 0 spiro atoms. The molecule has 17 heavy (non-hydrogen) atoms. The molecule has 0 atom stereocenters. The molecule has 2 heterocycles. The summed E-state index contributed by atoms with van der Waals surface area (Å²) in [5, 5.41) is 5.41. The van der Waals surface area contributed by atoms with Crippen molar-refractivity contribution in [3.63, 3.8) is 0 Å². The third-order valence-corrected chi connectivity index (χ3v) is 2.44. The first-order valence-electron chi connectivity index (χ1n) is 5.02. The molecule has 0 aromatic carbocycles. The normalized spacial score (nSPS) is 16.4. The summed E-state index contributed by atoms with van der Waals surface area (Å²) in [5.74, 6) is -0.739. The maximum Gasteiger partial charge on any atom is 0.434 e. The van der Waals surface area contributed by atoms with Crippen molar-refractivity contribution in [3.8, 4) is 0 Å². The van der Waals surface area contributed by atoms with Crippen LogP contribution in [0.1, 0.15) is 16.1 Å². The molecule has 92 valence electrons. The van der Waals surface area contributed by atoms with Gasteiger partial charge in [-0.15, -0.1) is 0 Å². The van der Waals surface area contributed by atoms with E-state index in [4.69, 9.17) is 0 Å². The summed E-state index contributed by atoms with van der Waals surface area (Å²) in [6.07, 6.45) is -3.60. The van der Waals surface area contributed by atoms with Gasteiger partial charge in [0.15, 0.2) is 5.69 Å². The van der Waals surface area contributed by atoms with Crippen molar-refractivity contribution in [2.24, 2.45) is 0 Å². The molecule has 2 rings (SSSR count). The fourth-order valence-electron chi connectivity index (χ4n) is 1.47. The van der Waals surface area contributed by atoms with Gasteiger partial charge in [0.1, 0.15) is 0 Å². The lowest BCUT2D eigenvalue weighted by molar-refractivity contribution is -0.141. The van der Waals surface area contributed by atoms with E-state index in [0.717, 1.165) is 12.3 Å². The van der Waals surface area contributed by atoms with E-state index >= 15 is 0 Å². The number of hydrogen-bond donors (Lipinski definition) is 2. The van der Waals surface area contributed by atoms with Crippen LogP contribution in [-0.2, 0) is 6.18 Å². The topological polar surface area (TPSA) is 54.0 Å². The Kier molecular flexibility index (Phi) is 3.01. The second kappa shape index (κ2) is 4.33. The smallest absolute Gasteiger partial charge is 0.347 e. The first-order chi connectivity index (χ1) is 7.98. The lowest BCUT2D eigenvalue weighted by atomic mass is 10.1. The number of amides is 1. The summed E-state index contributed by atoms with van der Waals surface area (Å²) in [6.45, 7) is 1.15. The molecule has 2 N–H and O–H groups in total. The minimum absolute atomic E-state index is 0.108. The summed E-state index contributed by atoms with van der Waals surface area (Å²) >= 11 is 0. The van der Waals surface area contributed by atoms with Gasteiger partial charge in [-0.3, -0.25) is 9.78 Å². The second-order valence-electron chi connectivity index (χ2n) is 3.73. The van der Waals surface area contributed by atoms with Crippen molar-refractivity contribution in [1.82, 2.24) is 15.6 Å². The highest BCUT2D eigenvalue weighted by molar-refractivity contribution is 5.95. The van der Waals surface area contributed by atoms with Gasteiger partial charge in [0.2, 0.25) is 0 Å². The van der Waals surface area contributed by atoms with Crippen LogP contribution in [-0.4, -0.2) is 30.0 Å². The van der Waals surface area contributed by atoms with Gasteiger partial charge >= 0.3 is 6.18 Å². The summed E-state index contributed by atoms with van der Waals surface area (Å²) in [4.78, 5) is 14.9. The van der Waals surface area contributed by atoms with Crippen molar-refractivity contribution in [2.45, 2.75) is 12.2 Å². The Hall–Kier alpha value is -1.63. The lowest BCUT2D eigenvalue weighted by Crippen LogP contribution is -2.57. The van der Waals surface area contributed by atoms with Gasteiger partial charge in [-0.1, -0.05) is 0 Å². The van der Waals surface area contributed by atoms with Crippen LogP contribution in [0, 0.1) is 0 Å². The average molecular weight is 245 g/mol. The molecule has 0 bridgehead atoms. The monoisotopic (exact) mass is 245 g/mol. The maximum absolute atomic E-state index is 12.6. The Bertz CT molecular complexity index is 429. The highest BCUT2D eigenvalue weighted by atomic mass is 19.4. The van der Waals surface area contributed by atoms with E-state index < -0.39 is 23.3 Å². The number of halogens is 3. The summed E-state index contributed by atoms with van der Waals surface area (Å²) < 4.78 is 37.8. The van der Waals surface area contributed by atoms with Crippen LogP contribution in [0.15, 0.2) is 18.3 Å². The molecule has 0 unspecified atom stereocenters. The Morgan fingerprint density at radius 2 is 2.18 bits per heavy atom. The standard InChI is InChI=1S/C10H10F3N3O/c11-10(12,13)8-7(2-1-3-15-8)9(17)16-6-4-14-5-6/h1-3,6,14H,4-5H2,(H,16,17). The molecule has 1 aliphatic rings. The largest absolute Gasteiger partial charge is 0.434 e. The number of aromatic nitrogens is 1. The lowest BCUT2D eigenvalue weighted by Gasteiger charge is -2.28. The van der Waals surface area contributed by atoms with E-state index in [1.54, 1.807) is 0 Å². The van der Waals surface area contributed by atoms with Gasteiger partial charge in [-0.25, -0.2) is 0 Å².